The summed E-state index contributed by atoms with van der Waals surface area (Å²) in [6.45, 7) is 0.838. The second kappa shape index (κ2) is 9.82. The largest absolute Gasteiger partial charge is 0.394 e. The summed E-state index contributed by atoms with van der Waals surface area (Å²) < 4.78 is 1.73. The Morgan fingerprint density at radius 2 is 1.61 bits per heavy atom. The molecule has 0 saturated heterocycles. The molecule has 2 aromatic heterocycles. The molecule has 0 aliphatic carbocycles. The van der Waals surface area contributed by atoms with Crippen molar-refractivity contribution in [2.45, 2.75) is 25.6 Å². The first-order valence-electron chi connectivity index (χ1n) is 10.1. The van der Waals surface area contributed by atoms with Gasteiger partial charge in [-0.3, -0.25) is 4.79 Å². The van der Waals surface area contributed by atoms with Gasteiger partial charge in [0.1, 0.15) is 11.8 Å². The van der Waals surface area contributed by atoms with Gasteiger partial charge < -0.3 is 20.3 Å². The van der Waals surface area contributed by atoms with Crippen LogP contribution in [0, 0.1) is 0 Å². The topological polar surface area (TPSA) is 105 Å². The predicted octanol–water partition coefficient (Wildman–Crippen LogP) is 2.68. The maximum absolute atomic E-state index is 12.4. The number of aliphatic hydroxyl groups excluding tert-OH is 1. The molecule has 0 unspecified atom stereocenters. The lowest BCUT2D eigenvalue weighted by Gasteiger charge is -2.16. The minimum Gasteiger partial charge on any atom is -0.394 e. The molecule has 4 rings (SSSR count). The van der Waals surface area contributed by atoms with Gasteiger partial charge in [0.05, 0.1) is 19.0 Å². The smallest absolute Gasteiger partial charge is 0.222 e. The third kappa shape index (κ3) is 5.04. The van der Waals surface area contributed by atoms with Crippen LogP contribution in [0.4, 0.5) is 5.82 Å². The van der Waals surface area contributed by atoms with Crippen molar-refractivity contribution in [3.63, 3.8) is 0 Å². The molecule has 0 bridgehead atoms. The summed E-state index contributed by atoms with van der Waals surface area (Å²) in [6, 6.07) is 19.2. The van der Waals surface area contributed by atoms with Crippen LogP contribution in [0.25, 0.3) is 11.2 Å². The molecule has 3 N–H and O–H groups in total. The predicted molar refractivity (Wildman–Crippen MR) is 118 cm³/mol. The Hall–Kier alpha value is -3.78. The fourth-order valence-electron chi connectivity index (χ4n) is 3.36. The summed E-state index contributed by atoms with van der Waals surface area (Å²) in [5.74, 6) is 0.457. The van der Waals surface area contributed by atoms with E-state index in [9.17, 15) is 9.90 Å². The number of carbonyl (C=O) groups excluding carboxylic acids is 1. The molecule has 2 heterocycles. The van der Waals surface area contributed by atoms with Gasteiger partial charge in [-0.15, -0.1) is 0 Å². The lowest BCUT2D eigenvalue weighted by atomic mass is 10.2. The third-order valence-corrected chi connectivity index (χ3v) is 5.02. The molecule has 0 spiro atoms. The lowest BCUT2D eigenvalue weighted by molar-refractivity contribution is -0.122. The number of imidazole rings is 1. The fraction of sp³-hybridized carbons (Fsp3) is 0.217. The quantitative estimate of drug-likeness (QED) is 0.387. The lowest BCUT2D eigenvalue weighted by Crippen LogP contribution is -2.27. The van der Waals surface area contributed by atoms with E-state index >= 15 is 0 Å². The van der Waals surface area contributed by atoms with Gasteiger partial charge in [-0.25, -0.2) is 15.0 Å². The van der Waals surface area contributed by atoms with E-state index in [-0.39, 0.29) is 18.9 Å². The third-order valence-electron chi connectivity index (χ3n) is 5.02. The summed E-state index contributed by atoms with van der Waals surface area (Å²) in [4.78, 5) is 25.5. The molecular weight excluding hydrogens is 392 g/mol. The standard InChI is InChI=1S/C23H24N6O2/c30-14-19(11-20(31)24-12-17-7-3-1-4-8-17)29-16-28-21-22(26-15-27-23(21)29)25-13-18-9-5-2-6-10-18/h1-10,15-16,19,30H,11-14H2,(H,24,31)(H,25,26,27)/t19-/m1/s1. The van der Waals surface area contributed by atoms with Crippen molar-refractivity contribution in [1.29, 1.82) is 0 Å². The Balaban J connectivity index is 1.45. The summed E-state index contributed by atoms with van der Waals surface area (Å²) in [5, 5.41) is 16.1. The number of aliphatic hydroxyl groups is 1. The van der Waals surface area contributed by atoms with Crippen molar-refractivity contribution in [3.05, 3.63) is 84.4 Å². The molecule has 0 fully saturated rings. The molecule has 4 aromatic rings. The first-order valence-corrected chi connectivity index (χ1v) is 10.1. The van der Waals surface area contributed by atoms with E-state index in [0.717, 1.165) is 11.1 Å². The number of hydrogen-bond donors (Lipinski definition) is 3. The van der Waals surface area contributed by atoms with Crippen molar-refractivity contribution >= 4 is 22.9 Å². The van der Waals surface area contributed by atoms with Crippen LogP contribution in [0.1, 0.15) is 23.6 Å². The zero-order valence-electron chi connectivity index (χ0n) is 17.0. The number of nitrogens with one attached hydrogen (secondary N) is 2. The van der Waals surface area contributed by atoms with E-state index in [1.165, 1.54) is 6.33 Å². The van der Waals surface area contributed by atoms with Crippen LogP contribution in [0.5, 0.6) is 0 Å². The second-order valence-corrected chi connectivity index (χ2v) is 7.19. The van der Waals surface area contributed by atoms with Crippen molar-refractivity contribution in [2.75, 3.05) is 11.9 Å². The van der Waals surface area contributed by atoms with E-state index in [4.69, 9.17) is 0 Å². The Kier molecular flexibility index (Phi) is 6.49. The van der Waals surface area contributed by atoms with Crippen LogP contribution in [0.2, 0.25) is 0 Å². The van der Waals surface area contributed by atoms with Crippen molar-refractivity contribution in [1.82, 2.24) is 24.8 Å². The van der Waals surface area contributed by atoms with Gasteiger partial charge in [-0.2, -0.15) is 0 Å². The highest BCUT2D eigenvalue weighted by atomic mass is 16.3. The van der Waals surface area contributed by atoms with Crippen LogP contribution in [0.3, 0.4) is 0 Å². The second-order valence-electron chi connectivity index (χ2n) is 7.19. The summed E-state index contributed by atoms with van der Waals surface area (Å²) in [6.07, 6.45) is 3.17. The van der Waals surface area contributed by atoms with Gasteiger partial charge in [0.2, 0.25) is 5.91 Å². The van der Waals surface area contributed by atoms with Gasteiger partial charge in [-0.1, -0.05) is 60.7 Å². The van der Waals surface area contributed by atoms with Crippen molar-refractivity contribution < 1.29 is 9.90 Å². The van der Waals surface area contributed by atoms with Gasteiger partial charge >= 0.3 is 0 Å². The van der Waals surface area contributed by atoms with E-state index in [0.29, 0.717) is 30.1 Å². The van der Waals surface area contributed by atoms with Crippen LogP contribution >= 0.6 is 0 Å². The average Bonchev–Trinajstić information content (AvgIpc) is 3.26. The zero-order chi connectivity index (χ0) is 21.5. The molecule has 158 valence electrons. The number of hydrogen-bond acceptors (Lipinski definition) is 6. The van der Waals surface area contributed by atoms with Crippen LogP contribution in [-0.2, 0) is 17.9 Å². The highest BCUT2D eigenvalue weighted by molar-refractivity contribution is 5.83. The van der Waals surface area contributed by atoms with Crippen LogP contribution < -0.4 is 10.6 Å². The summed E-state index contributed by atoms with van der Waals surface area (Å²) in [7, 11) is 0. The molecule has 8 nitrogen and oxygen atoms in total. The number of aromatic nitrogens is 4. The first-order chi connectivity index (χ1) is 15.2. The molecule has 0 aliphatic rings. The number of rotatable bonds is 9. The minimum atomic E-state index is -0.474. The van der Waals surface area contributed by atoms with Gasteiger partial charge in [0, 0.05) is 19.5 Å². The molecular formula is C23H24N6O2. The average molecular weight is 416 g/mol. The van der Waals surface area contributed by atoms with Crippen LogP contribution in [0.15, 0.2) is 73.3 Å². The highest BCUT2D eigenvalue weighted by Crippen LogP contribution is 2.22. The summed E-state index contributed by atoms with van der Waals surface area (Å²) >= 11 is 0. The van der Waals surface area contributed by atoms with Crippen LogP contribution in [-0.4, -0.2) is 37.1 Å². The Morgan fingerprint density at radius 3 is 2.29 bits per heavy atom. The molecule has 2 aromatic carbocycles. The number of fused-ring (bicyclic) bond motifs is 1. The fourth-order valence-corrected chi connectivity index (χ4v) is 3.36. The van der Waals surface area contributed by atoms with E-state index in [1.807, 2.05) is 60.7 Å². The van der Waals surface area contributed by atoms with Gasteiger partial charge in [0.15, 0.2) is 11.5 Å². The molecule has 1 amide bonds. The van der Waals surface area contributed by atoms with Crippen molar-refractivity contribution in [2.24, 2.45) is 0 Å². The Morgan fingerprint density at radius 1 is 0.935 bits per heavy atom. The molecule has 0 radical (unpaired) electrons. The Labute approximate surface area is 180 Å². The summed E-state index contributed by atoms with van der Waals surface area (Å²) in [5.41, 5.74) is 3.31. The maximum Gasteiger partial charge on any atom is 0.222 e. The Bertz CT molecular complexity index is 1130. The number of nitrogens with zero attached hydrogens (tertiary/aromatic N) is 4. The van der Waals surface area contributed by atoms with E-state index in [2.05, 4.69) is 25.6 Å². The normalized spacial score (nSPS) is 11.9. The van der Waals surface area contributed by atoms with Crippen molar-refractivity contribution in [3.8, 4) is 0 Å². The van der Waals surface area contributed by atoms with E-state index in [1.54, 1.807) is 10.9 Å². The molecule has 31 heavy (non-hydrogen) atoms. The minimum absolute atomic E-state index is 0.117. The SMILES string of the molecule is O=C(C[C@H](CO)n1cnc2c(NCc3ccccc3)ncnc21)NCc1ccccc1. The number of carbonyl (C=O) groups is 1. The van der Waals surface area contributed by atoms with Gasteiger partial charge in [0.25, 0.3) is 0 Å². The molecule has 8 heteroatoms. The van der Waals surface area contributed by atoms with Gasteiger partial charge in [-0.05, 0) is 11.1 Å². The molecule has 0 aliphatic heterocycles. The van der Waals surface area contributed by atoms with E-state index < -0.39 is 6.04 Å². The monoisotopic (exact) mass is 416 g/mol. The number of amides is 1. The molecule has 1 atom stereocenters. The maximum atomic E-state index is 12.4. The highest BCUT2D eigenvalue weighted by Gasteiger charge is 2.19. The number of benzene rings is 2. The number of anilines is 1. The zero-order valence-corrected chi connectivity index (χ0v) is 17.0. The molecule has 0 saturated carbocycles. The first kappa shape index (κ1) is 20.5.